The normalized spacial score (nSPS) is 37.2. The van der Waals surface area contributed by atoms with Gasteiger partial charge < -0.3 is 10.1 Å². The fraction of sp³-hybridized carbons (Fsp3) is 1.00. The van der Waals surface area contributed by atoms with Gasteiger partial charge in [-0.1, -0.05) is 13.8 Å². The molecule has 0 spiro atoms. The van der Waals surface area contributed by atoms with Crippen LogP contribution in [-0.2, 0) is 4.74 Å². The zero-order chi connectivity index (χ0) is 10.9. The Labute approximate surface area is 93.8 Å². The molecule has 0 aromatic carbocycles. The van der Waals surface area contributed by atoms with Crippen molar-refractivity contribution in [2.24, 2.45) is 23.2 Å². The van der Waals surface area contributed by atoms with E-state index >= 15 is 0 Å². The second-order valence-electron chi connectivity index (χ2n) is 5.75. The average Bonchev–Trinajstić information content (AvgIpc) is 3.01. The minimum Gasteiger partial charge on any atom is -0.384 e. The third-order valence-corrected chi connectivity index (χ3v) is 4.48. The summed E-state index contributed by atoms with van der Waals surface area (Å²) in [5, 5.41) is 3.56. The maximum absolute atomic E-state index is 5.54. The van der Waals surface area contributed by atoms with E-state index in [0.717, 1.165) is 24.4 Å². The summed E-state index contributed by atoms with van der Waals surface area (Å²) in [6.45, 7) is 8.08. The molecule has 1 saturated heterocycles. The average molecular weight is 211 g/mol. The maximum Gasteiger partial charge on any atom is 0.0525 e. The van der Waals surface area contributed by atoms with Crippen LogP contribution in [0.4, 0.5) is 0 Å². The summed E-state index contributed by atoms with van der Waals surface area (Å²) in [6.07, 6.45) is 4.19. The Kier molecular flexibility index (Phi) is 3.36. The number of piperidine rings is 1. The molecule has 0 aromatic rings. The van der Waals surface area contributed by atoms with Gasteiger partial charge in [-0.25, -0.2) is 0 Å². The molecule has 1 heterocycles. The molecule has 0 radical (unpaired) electrons. The van der Waals surface area contributed by atoms with E-state index in [4.69, 9.17) is 4.74 Å². The van der Waals surface area contributed by atoms with Crippen molar-refractivity contribution < 1.29 is 4.74 Å². The molecular formula is C13H25NO. The number of nitrogens with one attached hydrogen (secondary N) is 1. The van der Waals surface area contributed by atoms with E-state index in [2.05, 4.69) is 19.2 Å². The summed E-state index contributed by atoms with van der Waals surface area (Å²) >= 11 is 0. The minimum atomic E-state index is 0.494. The molecule has 2 heteroatoms. The molecule has 0 bridgehead atoms. The van der Waals surface area contributed by atoms with Gasteiger partial charge in [0.05, 0.1) is 6.61 Å². The predicted octanol–water partition coefficient (Wildman–Crippen LogP) is 2.29. The summed E-state index contributed by atoms with van der Waals surface area (Å²) in [6, 6.07) is 0. The lowest BCUT2D eigenvalue weighted by Crippen LogP contribution is -2.51. The van der Waals surface area contributed by atoms with Gasteiger partial charge in [0.15, 0.2) is 0 Å². The number of hydrogen-bond donors (Lipinski definition) is 1. The van der Waals surface area contributed by atoms with E-state index < -0.39 is 0 Å². The molecule has 1 saturated carbocycles. The highest BCUT2D eigenvalue weighted by molar-refractivity contribution is 5.02. The highest BCUT2D eigenvalue weighted by atomic mass is 16.5. The fourth-order valence-electron chi connectivity index (χ4n) is 3.60. The Morgan fingerprint density at radius 1 is 1.40 bits per heavy atom. The van der Waals surface area contributed by atoms with Crippen LogP contribution in [0.2, 0.25) is 0 Å². The first-order chi connectivity index (χ1) is 7.20. The summed E-state index contributed by atoms with van der Waals surface area (Å²) in [7, 11) is 1.86. The Balaban J connectivity index is 2.16. The van der Waals surface area contributed by atoms with Crippen LogP contribution in [0.1, 0.15) is 33.1 Å². The topological polar surface area (TPSA) is 21.3 Å². The highest BCUT2D eigenvalue weighted by Gasteiger charge is 2.51. The van der Waals surface area contributed by atoms with Crippen molar-refractivity contribution in [1.29, 1.82) is 0 Å². The van der Waals surface area contributed by atoms with Crippen LogP contribution in [0.25, 0.3) is 0 Å². The summed E-state index contributed by atoms with van der Waals surface area (Å²) in [5.74, 6) is 2.53. The molecule has 2 fully saturated rings. The number of rotatable bonds is 4. The molecule has 0 aromatic heterocycles. The summed E-state index contributed by atoms with van der Waals surface area (Å²) < 4.78 is 5.54. The molecule has 0 amide bonds. The molecule has 2 rings (SSSR count). The van der Waals surface area contributed by atoms with Crippen molar-refractivity contribution in [3.63, 3.8) is 0 Å². The van der Waals surface area contributed by atoms with Gasteiger partial charge in [0.1, 0.15) is 0 Å². The van der Waals surface area contributed by atoms with E-state index in [-0.39, 0.29) is 0 Å². The van der Waals surface area contributed by atoms with Gasteiger partial charge in [0.2, 0.25) is 0 Å². The van der Waals surface area contributed by atoms with Gasteiger partial charge in [-0.05, 0) is 50.1 Å². The quantitative estimate of drug-likeness (QED) is 0.770. The number of methoxy groups -OCH3 is 1. The molecular weight excluding hydrogens is 186 g/mol. The van der Waals surface area contributed by atoms with E-state index in [1.54, 1.807) is 0 Å². The van der Waals surface area contributed by atoms with E-state index in [1.807, 2.05) is 7.11 Å². The van der Waals surface area contributed by atoms with Gasteiger partial charge in [-0.2, -0.15) is 0 Å². The maximum atomic E-state index is 5.54. The standard InChI is InChI=1S/C13H25NO/c1-10(2)12-8-14-7-6-13(12,9-15-3)11-4-5-11/h10-12,14H,4-9H2,1-3H3. The molecule has 15 heavy (non-hydrogen) atoms. The number of ether oxygens (including phenoxy) is 1. The van der Waals surface area contributed by atoms with Gasteiger partial charge in [-0.15, -0.1) is 0 Å². The molecule has 2 unspecified atom stereocenters. The van der Waals surface area contributed by atoms with Crippen molar-refractivity contribution in [3.8, 4) is 0 Å². The van der Waals surface area contributed by atoms with Crippen LogP contribution in [0, 0.1) is 23.2 Å². The smallest absolute Gasteiger partial charge is 0.0525 e. The molecule has 2 aliphatic rings. The van der Waals surface area contributed by atoms with Crippen molar-refractivity contribution in [2.45, 2.75) is 33.1 Å². The minimum absolute atomic E-state index is 0.494. The molecule has 1 aliphatic heterocycles. The van der Waals surface area contributed by atoms with Gasteiger partial charge in [0, 0.05) is 12.5 Å². The van der Waals surface area contributed by atoms with Crippen LogP contribution in [0.5, 0.6) is 0 Å². The van der Waals surface area contributed by atoms with Gasteiger partial charge in [0.25, 0.3) is 0 Å². The van der Waals surface area contributed by atoms with Crippen LogP contribution >= 0.6 is 0 Å². The first-order valence-electron chi connectivity index (χ1n) is 6.40. The van der Waals surface area contributed by atoms with E-state index in [0.29, 0.717) is 5.41 Å². The summed E-state index contributed by atoms with van der Waals surface area (Å²) in [5.41, 5.74) is 0.494. The van der Waals surface area contributed by atoms with Crippen LogP contribution in [0.15, 0.2) is 0 Å². The third kappa shape index (κ3) is 2.07. The lowest BCUT2D eigenvalue weighted by Gasteiger charge is -2.47. The Hall–Kier alpha value is -0.0800. The molecule has 88 valence electrons. The van der Waals surface area contributed by atoms with Crippen LogP contribution < -0.4 is 5.32 Å². The van der Waals surface area contributed by atoms with Gasteiger partial charge >= 0.3 is 0 Å². The van der Waals surface area contributed by atoms with Crippen LogP contribution in [0.3, 0.4) is 0 Å². The van der Waals surface area contributed by atoms with E-state index in [1.165, 1.54) is 32.4 Å². The lowest BCUT2D eigenvalue weighted by molar-refractivity contribution is -0.0275. The first-order valence-corrected chi connectivity index (χ1v) is 6.40. The Bertz CT molecular complexity index is 209. The van der Waals surface area contributed by atoms with Crippen molar-refractivity contribution in [1.82, 2.24) is 5.32 Å². The van der Waals surface area contributed by atoms with Crippen LogP contribution in [-0.4, -0.2) is 26.8 Å². The molecule has 1 N–H and O–H groups in total. The SMILES string of the molecule is COCC1(C2CC2)CCNCC1C(C)C. The largest absolute Gasteiger partial charge is 0.384 e. The molecule has 2 atom stereocenters. The number of hydrogen-bond acceptors (Lipinski definition) is 2. The highest BCUT2D eigenvalue weighted by Crippen LogP contribution is 2.54. The monoisotopic (exact) mass is 211 g/mol. The van der Waals surface area contributed by atoms with Crippen molar-refractivity contribution >= 4 is 0 Å². The Morgan fingerprint density at radius 3 is 2.67 bits per heavy atom. The summed E-state index contributed by atoms with van der Waals surface area (Å²) in [4.78, 5) is 0. The second kappa shape index (κ2) is 4.42. The zero-order valence-electron chi connectivity index (χ0n) is 10.4. The van der Waals surface area contributed by atoms with E-state index in [9.17, 15) is 0 Å². The van der Waals surface area contributed by atoms with Crippen molar-refractivity contribution in [3.05, 3.63) is 0 Å². The fourth-order valence-corrected chi connectivity index (χ4v) is 3.60. The lowest BCUT2D eigenvalue weighted by atomic mass is 9.64. The first kappa shape index (κ1) is 11.4. The Morgan fingerprint density at radius 2 is 2.13 bits per heavy atom. The third-order valence-electron chi connectivity index (χ3n) is 4.48. The van der Waals surface area contributed by atoms with Gasteiger partial charge in [-0.3, -0.25) is 0 Å². The predicted molar refractivity (Wildman–Crippen MR) is 62.8 cm³/mol. The molecule has 2 nitrogen and oxygen atoms in total. The second-order valence-corrected chi connectivity index (χ2v) is 5.75. The van der Waals surface area contributed by atoms with Crippen molar-refractivity contribution in [2.75, 3.05) is 26.8 Å². The zero-order valence-corrected chi connectivity index (χ0v) is 10.4. The molecule has 1 aliphatic carbocycles.